The van der Waals surface area contributed by atoms with E-state index in [2.05, 4.69) is 4.98 Å². The zero-order valence-corrected chi connectivity index (χ0v) is 8.82. The van der Waals surface area contributed by atoms with Gasteiger partial charge in [0.15, 0.2) is 11.6 Å². The maximum Gasteiger partial charge on any atom is 0.166 e. The van der Waals surface area contributed by atoms with Gasteiger partial charge in [-0.15, -0.1) is 0 Å². The van der Waals surface area contributed by atoms with Crippen LogP contribution in [0.25, 0.3) is 11.1 Å². The highest BCUT2D eigenvalue weighted by Crippen LogP contribution is 2.27. The van der Waals surface area contributed by atoms with Crippen LogP contribution in [0.2, 0.25) is 0 Å². The Labute approximate surface area is 97.2 Å². The first-order valence-electron chi connectivity index (χ1n) is 4.98. The van der Waals surface area contributed by atoms with Crippen LogP contribution in [0, 0.1) is 23.0 Å². The second-order valence-corrected chi connectivity index (χ2v) is 3.47. The molecule has 0 unspecified atom stereocenters. The van der Waals surface area contributed by atoms with Gasteiger partial charge in [0, 0.05) is 23.5 Å². The molecule has 2 aromatic rings. The Bertz CT molecular complexity index is 588. The summed E-state index contributed by atoms with van der Waals surface area (Å²) >= 11 is 0. The van der Waals surface area contributed by atoms with Gasteiger partial charge >= 0.3 is 0 Å². The summed E-state index contributed by atoms with van der Waals surface area (Å²) < 4.78 is 26.7. The standard InChI is InChI=1S/C13H8F2N2/c14-12-3-1-2-10(13(12)15)11-8-17-7-5-9(11)4-6-16/h1-3,5,7-8H,4H2. The normalized spacial score (nSPS) is 9.94. The average Bonchev–Trinajstić information content (AvgIpc) is 2.34. The van der Waals surface area contributed by atoms with Crippen LogP contribution in [0.15, 0.2) is 36.7 Å². The zero-order valence-electron chi connectivity index (χ0n) is 8.82. The summed E-state index contributed by atoms with van der Waals surface area (Å²) in [7, 11) is 0. The van der Waals surface area contributed by atoms with Gasteiger partial charge in [0.2, 0.25) is 0 Å². The topological polar surface area (TPSA) is 36.7 Å². The van der Waals surface area contributed by atoms with Crippen molar-refractivity contribution in [3.8, 4) is 17.2 Å². The van der Waals surface area contributed by atoms with Crippen molar-refractivity contribution in [3.63, 3.8) is 0 Å². The van der Waals surface area contributed by atoms with E-state index >= 15 is 0 Å². The number of pyridine rings is 1. The fourth-order valence-corrected chi connectivity index (χ4v) is 1.62. The van der Waals surface area contributed by atoms with E-state index in [1.54, 1.807) is 6.07 Å². The average molecular weight is 230 g/mol. The molecular formula is C13H8F2N2. The number of halogens is 2. The van der Waals surface area contributed by atoms with E-state index < -0.39 is 11.6 Å². The Morgan fingerprint density at radius 2 is 2.00 bits per heavy atom. The third kappa shape index (κ3) is 2.13. The Morgan fingerprint density at radius 3 is 2.76 bits per heavy atom. The third-order valence-electron chi connectivity index (χ3n) is 2.42. The molecular weight excluding hydrogens is 222 g/mol. The SMILES string of the molecule is N#CCc1ccncc1-c1cccc(F)c1F. The predicted molar refractivity (Wildman–Crippen MR) is 58.9 cm³/mol. The third-order valence-corrected chi connectivity index (χ3v) is 2.42. The molecule has 0 aliphatic heterocycles. The molecule has 0 atom stereocenters. The van der Waals surface area contributed by atoms with Gasteiger partial charge < -0.3 is 0 Å². The Balaban J connectivity index is 2.61. The summed E-state index contributed by atoms with van der Waals surface area (Å²) in [5, 5.41) is 8.68. The molecule has 0 radical (unpaired) electrons. The van der Waals surface area contributed by atoms with Crippen molar-refractivity contribution in [3.05, 3.63) is 53.9 Å². The van der Waals surface area contributed by atoms with Crippen LogP contribution >= 0.6 is 0 Å². The molecule has 0 spiro atoms. The van der Waals surface area contributed by atoms with E-state index in [4.69, 9.17) is 5.26 Å². The minimum absolute atomic E-state index is 0.128. The van der Waals surface area contributed by atoms with Crippen molar-refractivity contribution in [2.24, 2.45) is 0 Å². The van der Waals surface area contributed by atoms with Crippen LogP contribution in [0.3, 0.4) is 0 Å². The van der Waals surface area contributed by atoms with Crippen molar-refractivity contribution in [2.75, 3.05) is 0 Å². The largest absolute Gasteiger partial charge is 0.264 e. The minimum Gasteiger partial charge on any atom is -0.264 e. The fraction of sp³-hybridized carbons (Fsp3) is 0.0769. The van der Waals surface area contributed by atoms with Crippen LogP contribution in [0.1, 0.15) is 5.56 Å². The molecule has 2 rings (SSSR count). The molecule has 2 nitrogen and oxygen atoms in total. The van der Waals surface area contributed by atoms with E-state index in [0.29, 0.717) is 11.1 Å². The predicted octanol–water partition coefficient (Wildman–Crippen LogP) is 3.09. The van der Waals surface area contributed by atoms with Gasteiger partial charge in [0.05, 0.1) is 12.5 Å². The first kappa shape index (κ1) is 11.2. The smallest absolute Gasteiger partial charge is 0.166 e. The summed E-state index contributed by atoms with van der Waals surface area (Å²) in [4.78, 5) is 3.88. The molecule has 1 heterocycles. The minimum atomic E-state index is -0.917. The van der Waals surface area contributed by atoms with Crippen LogP contribution in [-0.4, -0.2) is 4.98 Å². The second-order valence-electron chi connectivity index (χ2n) is 3.47. The molecule has 4 heteroatoms. The van der Waals surface area contributed by atoms with Gasteiger partial charge in [-0.1, -0.05) is 12.1 Å². The zero-order chi connectivity index (χ0) is 12.3. The molecule has 0 bridgehead atoms. The van der Waals surface area contributed by atoms with Gasteiger partial charge in [0.25, 0.3) is 0 Å². The Hall–Kier alpha value is -2.28. The number of nitrogens with zero attached hydrogens (tertiary/aromatic N) is 2. The first-order chi connectivity index (χ1) is 8.24. The molecule has 0 N–H and O–H groups in total. The molecule has 0 saturated heterocycles. The van der Waals surface area contributed by atoms with Crippen molar-refractivity contribution in [1.29, 1.82) is 5.26 Å². The fourth-order valence-electron chi connectivity index (χ4n) is 1.62. The molecule has 0 amide bonds. The van der Waals surface area contributed by atoms with Crippen LogP contribution in [-0.2, 0) is 6.42 Å². The maximum atomic E-state index is 13.6. The lowest BCUT2D eigenvalue weighted by atomic mass is 10.00. The van der Waals surface area contributed by atoms with Crippen LogP contribution < -0.4 is 0 Å². The van der Waals surface area contributed by atoms with E-state index in [1.165, 1.54) is 24.5 Å². The Kier molecular flexibility index (Phi) is 3.10. The summed E-state index contributed by atoms with van der Waals surface area (Å²) in [6.07, 6.45) is 3.09. The van der Waals surface area contributed by atoms with Gasteiger partial charge in [-0.05, 0) is 17.7 Å². The van der Waals surface area contributed by atoms with Gasteiger partial charge in [-0.25, -0.2) is 8.78 Å². The number of hydrogen-bond donors (Lipinski definition) is 0. The number of hydrogen-bond acceptors (Lipinski definition) is 2. The summed E-state index contributed by atoms with van der Waals surface area (Å²) in [5.74, 6) is -1.83. The quantitative estimate of drug-likeness (QED) is 0.794. The van der Waals surface area contributed by atoms with Gasteiger partial charge in [0.1, 0.15) is 0 Å². The van der Waals surface area contributed by atoms with Crippen molar-refractivity contribution in [2.45, 2.75) is 6.42 Å². The highest BCUT2D eigenvalue weighted by Gasteiger charge is 2.12. The van der Waals surface area contributed by atoms with Crippen molar-refractivity contribution >= 4 is 0 Å². The number of rotatable bonds is 2. The van der Waals surface area contributed by atoms with Gasteiger partial charge in [-0.2, -0.15) is 5.26 Å². The van der Waals surface area contributed by atoms with E-state index in [-0.39, 0.29) is 12.0 Å². The lowest BCUT2D eigenvalue weighted by Gasteiger charge is -2.07. The van der Waals surface area contributed by atoms with E-state index in [0.717, 1.165) is 6.07 Å². The van der Waals surface area contributed by atoms with Crippen molar-refractivity contribution in [1.82, 2.24) is 4.98 Å². The summed E-state index contributed by atoms with van der Waals surface area (Å²) in [6, 6.07) is 7.56. The van der Waals surface area contributed by atoms with E-state index in [1.807, 2.05) is 6.07 Å². The number of benzene rings is 1. The van der Waals surface area contributed by atoms with Gasteiger partial charge in [-0.3, -0.25) is 4.98 Å². The van der Waals surface area contributed by atoms with Crippen molar-refractivity contribution < 1.29 is 8.78 Å². The lowest BCUT2D eigenvalue weighted by molar-refractivity contribution is 0.511. The molecule has 17 heavy (non-hydrogen) atoms. The first-order valence-corrected chi connectivity index (χ1v) is 4.98. The highest BCUT2D eigenvalue weighted by molar-refractivity contribution is 5.67. The van der Waals surface area contributed by atoms with Crippen LogP contribution in [0.4, 0.5) is 8.78 Å². The molecule has 1 aromatic carbocycles. The highest BCUT2D eigenvalue weighted by atomic mass is 19.2. The molecule has 0 fully saturated rings. The molecule has 1 aromatic heterocycles. The lowest BCUT2D eigenvalue weighted by Crippen LogP contribution is -1.94. The Morgan fingerprint density at radius 1 is 1.18 bits per heavy atom. The van der Waals surface area contributed by atoms with E-state index in [9.17, 15) is 8.78 Å². The second kappa shape index (κ2) is 4.71. The molecule has 0 saturated carbocycles. The number of nitriles is 1. The maximum absolute atomic E-state index is 13.6. The molecule has 0 aliphatic carbocycles. The number of aromatic nitrogens is 1. The monoisotopic (exact) mass is 230 g/mol. The molecule has 0 aliphatic rings. The molecule has 84 valence electrons. The van der Waals surface area contributed by atoms with Crippen LogP contribution in [0.5, 0.6) is 0 Å². The summed E-state index contributed by atoms with van der Waals surface area (Å²) in [5.41, 5.74) is 1.21. The summed E-state index contributed by atoms with van der Waals surface area (Å²) in [6.45, 7) is 0.